The van der Waals surface area contributed by atoms with Gasteiger partial charge in [0.1, 0.15) is 11.5 Å². The van der Waals surface area contributed by atoms with Crippen molar-refractivity contribution < 1.29 is 10.2 Å². The van der Waals surface area contributed by atoms with Crippen LogP contribution in [0.15, 0.2) is 48.5 Å². The van der Waals surface area contributed by atoms with Crippen LogP contribution in [0.2, 0.25) is 0 Å². The summed E-state index contributed by atoms with van der Waals surface area (Å²) in [6, 6.07) is 14.7. The zero-order valence-corrected chi connectivity index (χ0v) is 10.7. The Bertz CT molecular complexity index is 485. The van der Waals surface area contributed by atoms with Crippen molar-refractivity contribution in [1.82, 2.24) is 0 Å². The Morgan fingerprint density at radius 3 is 1.44 bits per heavy atom. The predicted molar refractivity (Wildman–Crippen MR) is 73.0 cm³/mol. The highest BCUT2D eigenvalue weighted by atomic mass is 16.3. The zero-order chi connectivity index (χ0) is 13.1. The van der Waals surface area contributed by atoms with Crippen LogP contribution in [0.3, 0.4) is 0 Å². The van der Waals surface area contributed by atoms with E-state index in [0.717, 1.165) is 11.1 Å². The van der Waals surface area contributed by atoms with Gasteiger partial charge in [0.05, 0.1) is 0 Å². The summed E-state index contributed by atoms with van der Waals surface area (Å²) in [5.74, 6) is 1.14. The minimum Gasteiger partial charge on any atom is -0.508 e. The lowest BCUT2D eigenvalue weighted by molar-refractivity contribution is 0.470. The van der Waals surface area contributed by atoms with Crippen molar-refractivity contribution >= 4 is 0 Å². The fourth-order valence-electron chi connectivity index (χ4n) is 2.19. The molecule has 0 bridgehead atoms. The highest BCUT2D eigenvalue weighted by molar-refractivity contribution is 5.35. The Hall–Kier alpha value is -1.96. The third-order valence-electron chi connectivity index (χ3n) is 3.54. The van der Waals surface area contributed by atoms with Gasteiger partial charge in [-0.25, -0.2) is 0 Å². The molecule has 2 unspecified atom stereocenters. The molecule has 0 saturated carbocycles. The van der Waals surface area contributed by atoms with Gasteiger partial charge in [-0.3, -0.25) is 0 Å². The molecule has 0 aliphatic carbocycles. The minimum atomic E-state index is 0.277. The molecular formula is C16H18O2. The van der Waals surface area contributed by atoms with Gasteiger partial charge in [0.2, 0.25) is 0 Å². The van der Waals surface area contributed by atoms with Gasteiger partial charge in [-0.2, -0.15) is 0 Å². The summed E-state index contributed by atoms with van der Waals surface area (Å²) in [6.07, 6.45) is 0. The van der Waals surface area contributed by atoms with Crippen molar-refractivity contribution in [3.63, 3.8) is 0 Å². The number of hydrogen-bond donors (Lipinski definition) is 2. The number of benzene rings is 2. The van der Waals surface area contributed by atoms with E-state index >= 15 is 0 Å². The van der Waals surface area contributed by atoms with Crippen molar-refractivity contribution in [2.45, 2.75) is 25.7 Å². The van der Waals surface area contributed by atoms with Crippen molar-refractivity contribution in [2.24, 2.45) is 0 Å². The molecule has 0 aliphatic rings. The average Bonchev–Trinajstić information content (AvgIpc) is 2.37. The third kappa shape index (κ3) is 2.65. The van der Waals surface area contributed by atoms with E-state index in [1.54, 1.807) is 24.3 Å². The molecule has 2 atom stereocenters. The Balaban J connectivity index is 2.26. The average molecular weight is 242 g/mol. The SMILES string of the molecule is CC(c1cccc(O)c1)C(C)c1cccc(O)c1. The molecule has 0 aliphatic heterocycles. The molecule has 0 saturated heterocycles. The Morgan fingerprint density at radius 2 is 1.11 bits per heavy atom. The van der Waals surface area contributed by atoms with Gasteiger partial charge in [-0.05, 0) is 47.2 Å². The van der Waals surface area contributed by atoms with Crippen LogP contribution in [0.4, 0.5) is 0 Å². The molecule has 2 aromatic carbocycles. The molecule has 0 aromatic heterocycles. The monoisotopic (exact) mass is 242 g/mol. The molecule has 0 fully saturated rings. The standard InChI is InChI=1S/C16H18O2/c1-11(13-5-3-7-15(17)9-13)12(2)14-6-4-8-16(18)10-14/h3-12,17-18H,1-2H3. The number of rotatable bonds is 3. The topological polar surface area (TPSA) is 40.5 Å². The molecule has 2 aromatic rings. The number of phenolic OH excluding ortho intramolecular Hbond substituents is 2. The molecule has 0 radical (unpaired) electrons. The van der Waals surface area contributed by atoms with Gasteiger partial charge in [-0.15, -0.1) is 0 Å². The molecule has 94 valence electrons. The maximum Gasteiger partial charge on any atom is 0.115 e. The normalized spacial score (nSPS) is 14.1. The summed E-state index contributed by atoms with van der Waals surface area (Å²) < 4.78 is 0. The predicted octanol–water partition coefficient (Wildman–Crippen LogP) is 4.01. The lowest BCUT2D eigenvalue weighted by Crippen LogP contribution is -2.04. The highest BCUT2D eigenvalue weighted by Gasteiger charge is 2.16. The van der Waals surface area contributed by atoms with E-state index in [4.69, 9.17) is 0 Å². The van der Waals surface area contributed by atoms with Crippen molar-refractivity contribution in [1.29, 1.82) is 0 Å². The summed E-state index contributed by atoms with van der Waals surface area (Å²) in [6.45, 7) is 4.26. The van der Waals surface area contributed by atoms with Crippen LogP contribution in [-0.2, 0) is 0 Å². The summed E-state index contributed by atoms with van der Waals surface area (Å²) in [5, 5.41) is 19.0. The third-order valence-corrected chi connectivity index (χ3v) is 3.54. The lowest BCUT2D eigenvalue weighted by Gasteiger charge is -2.21. The van der Waals surface area contributed by atoms with Crippen LogP contribution in [-0.4, -0.2) is 10.2 Å². The van der Waals surface area contributed by atoms with Crippen LogP contribution >= 0.6 is 0 Å². The quantitative estimate of drug-likeness (QED) is 0.853. The minimum absolute atomic E-state index is 0.277. The van der Waals surface area contributed by atoms with Crippen LogP contribution in [0.1, 0.15) is 36.8 Å². The summed E-state index contributed by atoms with van der Waals surface area (Å²) in [4.78, 5) is 0. The molecule has 2 N–H and O–H groups in total. The van der Waals surface area contributed by atoms with E-state index in [1.165, 1.54) is 0 Å². The first-order chi connectivity index (χ1) is 8.58. The first kappa shape index (κ1) is 12.5. The Kier molecular flexibility index (Phi) is 3.56. The Labute approximate surface area is 108 Å². The van der Waals surface area contributed by atoms with Gasteiger partial charge in [-0.1, -0.05) is 38.1 Å². The lowest BCUT2D eigenvalue weighted by atomic mass is 9.84. The second-order valence-corrected chi connectivity index (χ2v) is 4.77. The van der Waals surface area contributed by atoms with Gasteiger partial charge >= 0.3 is 0 Å². The zero-order valence-electron chi connectivity index (χ0n) is 10.7. The van der Waals surface area contributed by atoms with Crippen molar-refractivity contribution in [3.05, 3.63) is 59.7 Å². The fourth-order valence-corrected chi connectivity index (χ4v) is 2.19. The first-order valence-electron chi connectivity index (χ1n) is 6.16. The first-order valence-corrected chi connectivity index (χ1v) is 6.16. The summed E-state index contributed by atoms with van der Waals surface area (Å²) in [7, 11) is 0. The largest absolute Gasteiger partial charge is 0.508 e. The molecule has 2 rings (SSSR count). The maximum absolute atomic E-state index is 9.52. The summed E-state index contributed by atoms with van der Waals surface area (Å²) >= 11 is 0. The van der Waals surface area contributed by atoms with E-state index in [0.29, 0.717) is 11.5 Å². The van der Waals surface area contributed by atoms with E-state index in [-0.39, 0.29) is 11.8 Å². The number of aromatic hydroxyl groups is 2. The molecule has 18 heavy (non-hydrogen) atoms. The number of hydrogen-bond acceptors (Lipinski definition) is 2. The van der Waals surface area contributed by atoms with Crippen LogP contribution in [0.25, 0.3) is 0 Å². The van der Waals surface area contributed by atoms with Gasteiger partial charge < -0.3 is 10.2 Å². The fraction of sp³-hybridized carbons (Fsp3) is 0.250. The highest BCUT2D eigenvalue weighted by Crippen LogP contribution is 2.34. The maximum atomic E-state index is 9.52. The van der Waals surface area contributed by atoms with Gasteiger partial charge in [0, 0.05) is 0 Å². The van der Waals surface area contributed by atoms with Crippen LogP contribution < -0.4 is 0 Å². The van der Waals surface area contributed by atoms with Crippen LogP contribution in [0, 0.1) is 0 Å². The van der Waals surface area contributed by atoms with Gasteiger partial charge in [0.25, 0.3) is 0 Å². The van der Waals surface area contributed by atoms with Crippen LogP contribution in [0.5, 0.6) is 11.5 Å². The molecule has 0 spiro atoms. The molecule has 2 heteroatoms. The molecule has 0 amide bonds. The smallest absolute Gasteiger partial charge is 0.115 e. The Morgan fingerprint density at radius 1 is 0.722 bits per heavy atom. The van der Waals surface area contributed by atoms with Gasteiger partial charge in [0.15, 0.2) is 0 Å². The van der Waals surface area contributed by atoms with Crippen molar-refractivity contribution in [3.8, 4) is 11.5 Å². The van der Waals surface area contributed by atoms with E-state index in [2.05, 4.69) is 13.8 Å². The van der Waals surface area contributed by atoms with E-state index in [9.17, 15) is 10.2 Å². The second-order valence-electron chi connectivity index (χ2n) is 4.77. The van der Waals surface area contributed by atoms with Crippen molar-refractivity contribution in [2.75, 3.05) is 0 Å². The number of phenols is 2. The summed E-state index contributed by atoms with van der Waals surface area (Å²) in [5.41, 5.74) is 2.21. The molecular weight excluding hydrogens is 224 g/mol. The van der Waals surface area contributed by atoms with E-state index < -0.39 is 0 Å². The molecule has 2 nitrogen and oxygen atoms in total. The molecule has 0 heterocycles. The van der Waals surface area contributed by atoms with E-state index in [1.807, 2.05) is 24.3 Å². The second kappa shape index (κ2) is 5.13.